The van der Waals surface area contributed by atoms with Crippen LogP contribution in [0.5, 0.6) is 0 Å². The molecule has 0 unspecified atom stereocenters. The average molecular weight is 238 g/mol. The molecule has 2 saturated carbocycles. The summed E-state index contributed by atoms with van der Waals surface area (Å²) in [5.41, 5.74) is 0.499. The molecule has 0 radical (unpaired) electrons. The summed E-state index contributed by atoms with van der Waals surface area (Å²) in [5, 5.41) is 20.9. The first kappa shape index (κ1) is 13.1. The van der Waals surface area contributed by atoms with Crippen LogP contribution in [-0.4, -0.2) is 21.9 Å². The fourth-order valence-electron chi connectivity index (χ4n) is 4.07. The first-order valence-corrected chi connectivity index (χ1v) is 6.83. The number of fused-ring (bicyclic) bond motifs is 1. The van der Waals surface area contributed by atoms with Crippen molar-refractivity contribution >= 4 is 0 Å². The Kier molecular flexibility index (Phi) is 3.16. The van der Waals surface area contributed by atoms with Crippen LogP contribution in [0.25, 0.3) is 0 Å². The van der Waals surface area contributed by atoms with Crippen molar-refractivity contribution in [3.05, 3.63) is 12.2 Å². The van der Waals surface area contributed by atoms with Gasteiger partial charge in [-0.3, -0.25) is 0 Å². The maximum Gasteiger partial charge on any atom is 0.0655 e. The van der Waals surface area contributed by atoms with E-state index >= 15 is 0 Å². The van der Waals surface area contributed by atoms with E-state index in [1.54, 1.807) is 0 Å². The minimum Gasteiger partial charge on any atom is -0.393 e. The first-order valence-electron chi connectivity index (χ1n) is 6.83. The smallest absolute Gasteiger partial charge is 0.0655 e. The molecular formula is C15H26O2. The molecule has 2 fully saturated rings. The molecule has 0 aliphatic heterocycles. The van der Waals surface area contributed by atoms with E-state index < -0.39 is 5.60 Å². The summed E-state index contributed by atoms with van der Waals surface area (Å²) in [6, 6.07) is 0. The molecule has 2 N–H and O–H groups in total. The number of hydrogen-bond acceptors (Lipinski definition) is 2. The number of aliphatic hydroxyl groups excluding tert-OH is 1. The largest absolute Gasteiger partial charge is 0.393 e. The Labute approximate surface area is 105 Å². The van der Waals surface area contributed by atoms with E-state index in [0.29, 0.717) is 5.92 Å². The SMILES string of the molecule is C=C(C)[C@H]1CC[C@]2(C)[C@@H](O)CC[C@](C)(O)[C@H]2C1. The molecule has 98 valence electrons. The Morgan fingerprint density at radius 2 is 1.88 bits per heavy atom. The molecular weight excluding hydrogens is 212 g/mol. The molecule has 2 nitrogen and oxygen atoms in total. The van der Waals surface area contributed by atoms with Gasteiger partial charge in [0, 0.05) is 0 Å². The predicted molar refractivity (Wildman–Crippen MR) is 69.6 cm³/mol. The van der Waals surface area contributed by atoms with E-state index in [0.717, 1.165) is 32.1 Å². The van der Waals surface area contributed by atoms with Crippen LogP contribution in [0.3, 0.4) is 0 Å². The first-order chi connectivity index (χ1) is 7.77. The summed E-state index contributed by atoms with van der Waals surface area (Å²) in [7, 11) is 0. The van der Waals surface area contributed by atoms with Crippen molar-refractivity contribution < 1.29 is 10.2 Å². The maximum absolute atomic E-state index is 10.6. The van der Waals surface area contributed by atoms with Gasteiger partial charge in [0.25, 0.3) is 0 Å². The molecule has 2 aliphatic carbocycles. The van der Waals surface area contributed by atoms with Gasteiger partial charge in [-0.05, 0) is 63.2 Å². The third kappa shape index (κ3) is 2.06. The Hall–Kier alpha value is -0.340. The van der Waals surface area contributed by atoms with Crippen molar-refractivity contribution in [2.45, 2.75) is 64.6 Å². The summed E-state index contributed by atoms with van der Waals surface area (Å²) in [4.78, 5) is 0. The van der Waals surface area contributed by atoms with E-state index in [2.05, 4.69) is 20.4 Å². The predicted octanol–water partition coefficient (Wildman–Crippen LogP) is 2.89. The van der Waals surface area contributed by atoms with Crippen LogP contribution in [0.4, 0.5) is 0 Å². The van der Waals surface area contributed by atoms with Crippen LogP contribution in [0, 0.1) is 17.3 Å². The summed E-state index contributed by atoms with van der Waals surface area (Å²) in [6.07, 6.45) is 4.30. The van der Waals surface area contributed by atoms with Crippen molar-refractivity contribution in [1.82, 2.24) is 0 Å². The lowest BCUT2D eigenvalue weighted by Gasteiger charge is -2.56. The number of rotatable bonds is 1. The van der Waals surface area contributed by atoms with Gasteiger partial charge in [0.1, 0.15) is 0 Å². The van der Waals surface area contributed by atoms with Gasteiger partial charge in [-0.2, -0.15) is 0 Å². The van der Waals surface area contributed by atoms with Gasteiger partial charge in [0.05, 0.1) is 11.7 Å². The van der Waals surface area contributed by atoms with Gasteiger partial charge >= 0.3 is 0 Å². The van der Waals surface area contributed by atoms with Crippen LogP contribution in [-0.2, 0) is 0 Å². The molecule has 0 heterocycles. The minimum absolute atomic E-state index is 0.103. The van der Waals surface area contributed by atoms with E-state index in [4.69, 9.17) is 0 Å². The Morgan fingerprint density at radius 1 is 1.24 bits per heavy atom. The molecule has 0 aromatic heterocycles. The fraction of sp³-hybridized carbons (Fsp3) is 0.867. The number of aliphatic hydroxyl groups is 2. The van der Waals surface area contributed by atoms with Gasteiger partial charge in [-0.1, -0.05) is 19.1 Å². The molecule has 2 aliphatic rings. The zero-order valence-electron chi connectivity index (χ0n) is 11.4. The summed E-state index contributed by atoms with van der Waals surface area (Å²) in [6.45, 7) is 10.3. The molecule has 5 atom stereocenters. The van der Waals surface area contributed by atoms with Crippen molar-refractivity contribution in [1.29, 1.82) is 0 Å². The molecule has 2 rings (SSSR count). The highest BCUT2D eigenvalue weighted by Crippen LogP contribution is 2.56. The van der Waals surface area contributed by atoms with E-state index in [1.165, 1.54) is 5.57 Å². The van der Waals surface area contributed by atoms with E-state index in [9.17, 15) is 10.2 Å². The van der Waals surface area contributed by atoms with Crippen molar-refractivity contribution in [3.63, 3.8) is 0 Å². The van der Waals surface area contributed by atoms with Crippen LogP contribution in [0.1, 0.15) is 52.9 Å². The highest BCUT2D eigenvalue weighted by molar-refractivity contribution is 5.09. The Morgan fingerprint density at radius 3 is 2.47 bits per heavy atom. The molecule has 0 saturated heterocycles. The van der Waals surface area contributed by atoms with E-state index in [1.807, 2.05) is 6.92 Å². The van der Waals surface area contributed by atoms with Crippen LogP contribution in [0.2, 0.25) is 0 Å². The van der Waals surface area contributed by atoms with Gasteiger partial charge in [0.15, 0.2) is 0 Å². The molecule has 0 amide bonds. The topological polar surface area (TPSA) is 40.5 Å². The molecule has 0 bridgehead atoms. The standard InChI is InChI=1S/C15H26O2/c1-10(2)11-5-7-14(3)12(9-11)15(4,17)8-6-13(14)16/h11-13,16-17H,1,5-9H2,2-4H3/t11-,12-,13-,14-,15-/m0/s1. The Balaban J connectivity index is 2.27. The van der Waals surface area contributed by atoms with E-state index in [-0.39, 0.29) is 17.4 Å². The highest BCUT2D eigenvalue weighted by atomic mass is 16.3. The zero-order chi connectivity index (χ0) is 12.8. The number of allylic oxidation sites excluding steroid dienone is 1. The second kappa shape index (κ2) is 4.10. The van der Waals surface area contributed by atoms with Gasteiger partial charge in [-0.25, -0.2) is 0 Å². The quantitative estimate of drug-likeness (QED) is 0.690. The lowest BCUT2D eigenvalue weighted by atomic mass is 9.52. The summed E-state index contributed by atoms with van der Waals surface area (Å²) < 4.78 is 0. The lowest BCUT2D eigenvalue weighted by Crippen LogP contribution is -2.57. The van der Waals surface area contributed by atoms with Gasteiger partial charge in [0.2, 0.25) is 0 Å². The number of hydrogen-bond donors (Lipinski definition) is 2. The van der Waals surface area contributed by atoms with Crippen molar-refractivity contribution in [2.75, 3.05) is 0 Å². The van der Waals surface area contributed by atoms with Crippen molar-refractivity contribution in [3.8, 4) is 0 Å². The maximum atomic E-state index is 10.6. The third-order valence-corrected chi connectivity index (χ3v) is 5.48. The Bertz CT molecular complexity index is 321. The van der Waals surface area contributed by atoms with Crippen LogP contribution in [0.15, 0.2) is 12.2 Å². The van der Waals surface area contributed by atoms with Crippen LogP contribution >= 0.6 is 0 Å². The lowest BCUT2D eigenvalue weighted by molar-refractivity contribution is -0.171. The van der Waals surface area contributed by atoms with Crippen LogP contribution < -0.4 is 0 Å². The van der Waals surface area contributed by atoms with Gasteiger partial charge in [-0.15, -0.1) is 0 Å². The second-order valence-corrected chi connectivity index (χ2v) is 6.79. The molecule has 0 aromatic rings. The summed E-state index contributed by atoms with van der Waals surface area (Å²) in [5.74, 6) is 0.721. The average Bonchev–Trinajstić information content (AvgIpc) is 2.24. The van der Waals surface area contributed by atoms with Gasteiger partial charge < -0.3 is 10.2 Å². The zero-order valence-corrected chi connectivity index (χ0v) is 11.4. The monoisotopic (exact) mass is 238 g/mol. The fourth-order valence-corrected chi connectivity index (χ4v) is 4.07. The molecule has 2 heteroatoms. The molecule has 0 aromatic carbocycles. The van der Waals surface area contributed by atoms with Crippen molar-refractivity contribution in [2.24, 2.45) is 17.3 Å². The minimum atomic E-state index is -0.623. The molecule has 0 spiro atoms. The second-order valence-electron chi connectivity index (χ2n) is 6.79. The normalized spacial score (nSPS) is 50.8. The third-order valence-electron chi connectivity index (χ3n) is 5.48. The highest BCUT2D eigenvalue weighted by Gasteiger charge is 2.54. The molecule has 17 heavy (non-hydrogen) atoms. The summed E-state index contributed by atoms with van der Waals surface area (Å²) >= 11 is 0.